The summed E-state index contributed by atoms with van der Waals surface area (Å²) in [6, 6.07) is 0. The molecule has 0 saturated carbocycles. The molecule has 1 fully saturated rings. The van der Waals surface area contributed by atoms with E-state index in [1.807, 2.05) is 0 Å². The van der Waals surface area contributed by atoms with Gasteiger partial charge in [-0.3, -0.25) is 8.37 Å². The summed E-state index contributed by atoms with van der Waals surface area (Å²) < 4.78 is 10.9. The van der Waals surface area contributed by atoms with Gasteiger partial charge in [0.2, 0.25) is 0 Å². The summed E-state index contributed by atoms with van der Waals surface area (Å²) in [6.07, 6.45) is 2.12. The van der Waals surface area contributed by atoms with Crippen LogP contribution in [0, 0.1) is 0 Å². The summed E-state index contributed by atoms with van der Waals surface area (Å²) in [7, 11) is 0.590. The average molecular weight is 164 g/mol. The summed E-state index contributed by atoms with van der Waals surface area (Å²) in [4.78, 5) is 0. The highest BCUT2D eigenvalue weighted by Crippen LogP contribution is 2.67. The summed E-state index contributed by atoms with van der Waals surface area (Å²) in [5.41, 5.74) is 0. The van der Waals surface area contributed by atoms with Crippen LogP contribution in [0.5, 0.6) is 0 Å². The Labute approximate surface area is 59.7 Å². The van der Waals surface area contributed by atoms with E-state index in [1.165, 1.54) is 0 Å². The van der Waals surface area contributed by atoms with Crippen molar-refractivity contribution in [1.29, 1.82) is 0 Å². The van der Waals surface area contributed by atoms with E-state index in [2.05, 4.69) is 11.5 Å². The van der Waals surface area contributed by atoms with E-state index in [-0.39, 0.29) is 0 Å². The van der Waals surface area contributed by atoms with Crippen LogP contribution in [0.3, 0.4) is 0 Å². The number of hydrogen-bond acceptors (Lipinski definition) is 3. The van der Waals surface area contributed by atoms with Crippen molar-refractivity contribution in [3.05, 3.63) is 11.5 Å². The van der Waals surface area contributed by atoms with E-state index in [1.54, 1.807) is 10.8 Å². The third kappa shape index (κ3) is 1.00. The molecule has 0 radical (unpaired) electrons. The van der Waals surface area contributed by atoms with Crippen LogP contribution in [-0.4, -0.2) is 19.0 Å². The van der Waals surface area contributed by atoms with Crippen LogP contribution >= 0.6 is 20.4 Å². The van der Waals surface area contributed by atoms with Crippen molar-refractivity contribution >= 4 is 20.4 Å². The molecule has 0 bridgehead atoms. The minimum Gasteiger partial charge on any atom is -0.271 e. The first-order valence-corrected chi connectivity index (χ1v) is 5.89. The van der Waals surface area contributed by atoms with E-state index in [0.29, 0.717) is 0 Å². The molecule has 0 amide bonds. The van der Waals surface area contributed by atoms with E-state index in [4.69, 9.17) is 8.37 Å². The van der Waals surface area contributed by atoms with Gasteiger partial charge < -0.3 is 0 Å². The van der Waals surface area contributed by atoms with Gasteiger partial charge in [-0.2, -0.15) is 0 Å². The Morgan fingerprint density at radius 3 is 2.67 bits per heavy atom. The maximum absolute atomic E-state index is 5.46. The van der Waals surface area contributed by atoms with Gasteiger partial charge in [-0.05, 0) is 16.2 Å². The third-order valence-electron chi connectivity index (χ3n) is 1.21. The van der Waals surface area contributed by atoms with Crippen LogP contribution in [0.15, 0.2) is 11.5 Å². The van der Waals surface area contributed by atoms with Gasteiger partial charge in [0.25, 0.3) is 0 Å². The summed E-state index contributed by atoms with van der Waals surface area (Å²) in [5.74, 6) is 0.984. The minimum absolute atomic E-state index is 0.782. The van der Waals surface area contributed by atoms with Crippen LogP contribution in [-0.2, 0) is 8.37 Å². The lowest BCUT2D eigenvalue weighted by molar-refractivity contribution is 0.365. The van der Waals surface area contributed by atoms with Gasteiger partial charge in [0.05, 0.1) is 19.0 Å². The van der Waals surface area contributed by atoms with Gasteiger partial charge in [0.15, 0.2) is 0 Å². The Balaban J connectivity index is 2.07. The average Bonchev–Trinajstić information content (AvgIpc) is 2.45. The lowest BCUT2D eigenvalue weighted by Crippen LogP contribution is -1.92. The van der Waals surface area contributed by atoms with Gasteiger partial charge >= 0.3 is 0 Å². The molecule has 0 aromatic carbocycles. The Bertz CT molecular complexity index is 130. The summed E-state index contributed by atoms with van der Waals surface area (Å²) >= 11 is 0. The van der Waals surface area contributed by atoms with Crippen LogP contribution in [0.4, 0.5) is 0 Å². The van der Waals surface area contributed by atoms with Crippen LogP contribution in [0.25, 0.3) is 0 Å². The highest BCUT2D eigenvalue weighted by molar-refractivity contribution is 8.91. The molecule has 1 spiro atoms. The molecular weight excluding hydrogens is 156 g/mol. The van der Waals surface area contributed by atoms with E-state index < -0.39 is 9.62 Å². The van der Waals surface area contributed by atoms with Crippen LogP contribution in [0.2, 0.25) is 0 Å². The highest BCUT2D eigenvalue weighted by atomic mass is 33.2. The fourth-order valence-corrected chi connectivity index (χ4v) is 4.68. The van der Waals surface area contributed by atoms with Crippen LogP contribution in [0.1, 0.15) is 0 Å². The maximum atomic E-state index is 5.46. The van der Waals surface area contributed by atoms with Crippen molar-refractivity contribution in [2.75, 3.05) is 19.0 Å². The van der Waals surface area contributed by atoms with E-state index >= 15 is 0 Å². The van der Waals surface area contributed by atoms with Gasteiger partial charge in [-0.25, -0.2) is 0 Å². The lowest BCUT2D eigenvalue weighted by Gasteiger charge is -2.29. The largest absolute Gasteiger partial charge is 0.271 e. The Kier molecular flexibility index (Phi) is 1.49. The van der Waals surface area contributed by atoms with Crippen molar-refractivity contribution in [3.8, 4) is 0 Å². The predicted octanol–water partition coefficient (Wildman–Crippen LogP) is 1.84. The quantitative estimate of drug-likeness (QED) is 0.509. The standard InChI is InChI=1S/C5H8O2S2/c1-4-8-9(5-1)6-2-3-7-9/h1,4H,2-3,5H2. The van der Waals surface area contributed by atoms with Gasteiger partial charge in [0.1, 0.15) is 0 Å². The van der Waals surface area contributed by atoms with Crippen molar-refractivity contribution in [3.63, 3.8) is 0 Å². The van der Waals surface area contributed by atoms with Crippen molar-refractivity contribution in [1.82, 2.24) is 0 Å². The molecule has 1 saturated heterocycles. The zero-order valence-corrected chi connectivity index (χ0v) is 6.54. The molecule has 0 N–H and O–H groups in total. The second-order valence-corrected chi connectivity index (χ2v) is 6.32. The Morgan fingerprint density at radius 2 is 2.11 bits per heavy atom. The van der Waals surface area contributed by atoms with Crippen molar-refractivity contribution in [2.45, 2.75) is 0 Å². The molecule has 9 heavy (non-hydrogen) atoms. The molecule has 0 aromatic rings. The molecule has 2 aliphatic rings. The fraction of sp³-hybridized carbons (Fsp3) is 0.600. The molecule has 4 heteroatoms. The minimum atomic E-state index is -1.12. The maximum Gasteiger partial charge on any atom is 0.0981 e. The molecular formula is C5H8O2S2. The number of rotatable bonds is 0. The second-order valence-electron chi connectivity index (χ2n) is 1.84. The Hall–Kier alpha value is 0.360. The normalized spacial score (nSPS) is 33.8. The molecule has 0 aliphatic carbocycles. The van der Waals surface area contributed by atoms with E-state index in [9.17, 15) is 0 Å². The molecule has 52 valence electrons. The second kappa shape index (κ2) is 2.20. The zero-order valence-electron chi connectivity index (χ0n) is 4.91. The first kappa shape index (κ1) is 6.09. The molecule has 2 rings (SSSR count). The van der Waals surface area contributed by atoms with Gasteiger partial charge in [-0.15, -0.1) is 9.62 Å². The molecule has 0 atom stereocenters. The summed E-state index contributed by atoms with van der Waals surface area (Å²) in [6.45, 7) is 1.56. The molecule has 0 aromatic heterocycles. The Morgan fingerprint density at radius 1 is 1.33 bits per heavy atom. The number of hydrogen-bond donors (Lipinski definition) is 0. The topological polar surface area (TPSA) is 18.5 Å². The summed E-state index contributed by atoms with van der Waals surface area (Å²) in [5, 5.41) is 2.07. The highest BCUT2D eigenvalue weighted by Gasteiger charge is 2.28. The molecule has 2 nitrogen and oxygen atoms in total. The van der Waals surface area contributed by atoms with Gasteiger partial charge in [-0.1, -0.05) is 6.08 Å². The molecule has 2 aliphatic heterocycles. The smallest absolute Gasteiger partial charge is 0.0981 e. The molecule has 2 heterocycles. The fourth-order valence-electron chi connectivity index (χ4n) is 0.828. The zero-order chi connectivity index (χ0) is 6.16. The van der Waals surface area contributed by atoms with Crippen molar-refractivity contribution < 1.29 is 8.37 Å². The first-order chi connectivity index (χ1) is 4.41. The first-order valence-electron chi connectivity index (χ1n) is 2.84. The SMILES string of the molecule is C1=CSS2(C1)OCCO2. The van der Waals surface area contributed by atoms with Gasteiger partial charge in [0, 0.05) is 0 Å². The van der Waals surface area contributed by atoms with E-state index in [0.717, 1.165) is 19.0 Å². The van der Waals surface area contributed by atoms with Crippen LogP contribution < -0.4 is 0 Å². The third-order valence-corrected chi connectivity index (χ3v) is 5.66. The van der Waals surface area contributed by atoms with Crippen molar-refractivity contribution in [2.24, 2.45) is 0 Å². The molecule has 0 unspecified atom stereocenters. The monoisotopic (exact) mass is 164 g/mol. The lowest BCUT2D eigenvalue weighted by atomic mass is 10.8. The predicted molar refractivity (Wildman–Crippen MR) is 41.1 cm³/mol.